The van der Waals surface area contributed by atoms with E-state index < -0.39 is 5.97 Å². The molecule has 1 aromatic carbocycles. The van der Waals surface area contributed by atoms with Crippen LogP contribution in [0.25, 0.3) is 0 Å². The van der Waals surface area contributed by atoms with Gasteiger partial charge in [0.05, 0.1) is 5.92 Å². The van der Waals surface area contributed by atoms with E-state index in [1.165, 1.54) is 0 Å². The highest BCUT2D eigenvalue weighted by molar-refractivity contribution is 7.09. The summed E-state index contributed by atoms with van der Waals surface area (Å²) in [6.45, 7) is 2.03. The Bertz CT molecular complexity index is 517. The van der Waals surface area contributed by atoms with Gasteiger partial charge in [0.1, 0.15) is 0 Å². The summed E-state index contributed by atoms with van der Waals surface area (Å²) in [6, 6.07) is 11.9. The number of carbonyl (C=O) groups is 1. The molecule has 2 nitrogen and oxygen atoms in total. The molecule has 2 rings (SSSR count). The van der Waals surface area contributed by atoms with E-state index in [1.807, 2.05) is 48.7 Å². The van der Waals surface area contributed by atoms with Gasteiger partial charge >= 0.3 is 5.97 Å². The van der Waals surface area contributed by atoms with Crippen molar-refractivity contribution in [3.05, 3.63) is 57.8 Å². The lowest BCUT2D eigenvalue weighted by molar-refractivity contribution is -0.141. The molecule has 0 spiro atoms. The highest BCUT2D eigenvalue weighted by Gasteiger charge is 2.19. The fourth-order valence-corrected chi connectivity index (χ4v) is 2.81. The van der Waals surface area contributed by atoms with Crippen molar-refractivity contribution in [1.29, 1.82) is 0 Å². The van der Waals surface area contributed by atoms with Crippen molar-refractivity contribution in [3.8, 4) is 0 Å². The van der Waals surface area contributed by atoms with Gasteiger partial charge in [0.25, 0.3) is 0 Å². The number of benzene rings is 1. The number of aliphatic carboxylic acids is 1. The van der Waals surface area contributed by atoms with Gasteiger partial charge in [0, 0.05) is 4.88 Å². The maximum absolute atomic E-state index is 11.3. The Balaban J connectivity index is 2.12. The van der Waals surface area contributed by atoms with Crippen LogP contribution in [-0.2, 0) is 17.6 Å². The molecular formula is C15H16O2S. The van der Waals surface area contributed by atoms with E-state index in [4.69, 9.17) is 0 Å². The summed E-state index contributed by atoms with van der Waals surface area (Å²) < 4.78 is 0. The van der Waals surface area contributed by atoms with E-state index >= 15 is 0 Å². The lowest BCUT2D eigenvalue weighted by atomic mass is 9.93. The molecule has 0 amide bonds. The molecule has 1 N–H and O–H groups in total. The lowest BCUT2D eigenvalue weighted by Crippen LogP contribution is -2.19. The number of carboxylic acid groups (broad SMARTS) is 1. The number of carboxylic acids is 1. The predicted molar refractivity (Wildman–Crippen MR) is 74.0 cm³/mol. The molecule has 0 fully saturated rings. The Morgan fingerprint density at radius 3 is 2.61 bits per heavy atom. The number of hydrogen-bond donors (Lipinski definition) is 1. The molecule has 0 saturated carbocycles. The largest absolute Gasteiger partial charge is 0.481 e. The topological polar surface area (TPSA) is 37.3 Å². The predicted octanol–water partition coefficient (Wildman–Crippen LogP) is 3.54. The molecule has 0 radical (unpaired) electrons. The monoisotopic (exact) mass is 260 g/mol. The molecule has 1 atom stereocenters. The first-order valence-corrected chi connectivity index (χ1v) is 6.84. The highest BCUT2D eigenvalue weighted by Crippen LogP contribution is 2.20. The zero-order valence-electron chi connectivity index (χ0n) is 10.3. The molecule has 18 heavy (non-hydrogen) atoms. The van der Waals surface area contributed by atoms with E-state index in [-0.39, 0.29) is 5.92 Å². The summed E-state index contributed by atoms with van der Waals surface area (Å²) in [5.41, 5.74) is 2.29. The van der Waals surface area contributed by atoms with Crippen LogP contribution in [0, 0.1) is 12.8 Å². The van der Waals surface area contributed by atoms with Crippen molar-refractivity contribution >= 4 is 17.3 Å². The van der Waals surface area contributed by atoms with Crippen LogP contribution < -0.4 is 0 Å². The van der Waals surface area contributed by atoms with Crippen LogP contribution in [-0.4, -0.2) is 11.1 Å². The Hall–Kier alpha value is -1.61. The number of rotatable bonds is 5. The summed E-state index contributed by atoms with van der Waals surface area (Å²) in [6.07, 6.45) is 1.21. The van der Waals surface area contributed by atoms with Gasteiger partial charge < -0.3 is 5.11 Å². The number of hydrogen-bond acceptors (Lipinski definition) is 2. The summed E-state index contributed by atoms with van der Waals surface area (Å²) in [5, 5.41) is 11.3. The Kier molecular flexibility index (Phi) is 4.15. The smallest absolute Gasteiger partial charge is 0.307 e. The molecule has 0 aliphatic heterocycles. The normalized spacial score (nSPS) is 12.3. The van der Waals surface area contributed by atoms with Gasteiger partial charge in [-0.15, -0.1) is 11.3 Å². The van der Waals surface area contributed by atoms with Crippen LogP contribution in [0.1, 0.15) is 16.0 Å². The van der Waals surface area contributed by atoms with Crippen LogP contribution in [0.15, 0.2) is 41.8 Å². The van der Waals surface area contributed by atoms with Gasteiger partial charge in [-0.3, -0.25) is 4.79 Å². The second-order valence-electron chi connectivity index (χ2n) is 4.45. The fraction of sp³-hybridized carbons (Fsp3) is 0.267. The SMILES string of the molecule is Cc1ccccc1CC(Cc1cccs1)C(=O)O. The minimum Gasteiger partial charge on any atom is -0.481 e. The zero-order chi connectivity index (χ0) is 13.0. The van der Waals surface area contributed by atoms with Crippen LogP contribution in [0.5, 0.6) is 0 Å². The number of aryl methyl sites for hydroxylation is 1. The van der Waals surface area contributed by atoms with Crippen LogP contribution >= 0.6 is 11.3 Å². The van der Waals surface area contributed by atoms with E-state index in [1.54, 1.807) is 11.3 Å². The standard InChI is InChI=1S/C15H16O2S/c1-11-5-2-3-6-12(11)9-13(15(16)17)10-14-7-4-8-18-14/h2-8,13H,9-10H2,1H3,(H,16,17). The maximum atomic E-state index is 11.3. The molecule has 1 heterocycles. The summed E-state index contributed by atoms with van der Waals surface area (Å²) in [7, 11) is 0. The highest BCUT2D eigenvalue weighted by atomic mass is 32.1. The van der Waals surface area contributed by atoms with Gasteiger partial charge in [0.15, 0.2) is 0 Å². The molecule has 0 bridgehead atoms. The summed E-state index contributed by atoms with van der Waals surface area (Å²) in [5.74, 6) is -1.06. The maximum Gasteiger partial charge on any atom is 0.307 e. The first kappa shape index (κ1) is 12.8. The van der Waals surface area contributed by atoms with Crippen molar-refractivity contribution in [3.63, 3.8) is 0 Å². The molecule has 3 heteroatoms. The van der Waals surface area contributed by atoms with Crippen molar-refractivity contribution in [1.82, 2.24) is 0 Å². The molecule has 1 unspecified atom stereocenters. The summed E-state index contributed by atoms with van der Waals surface area (Å²) in [4.78, 5) is 12.5. The zero-order valence-corrected chi connectivity index (χ0v) is 11.1. The minimum atomic E-state index is -0.716. The molecule has 1 aromatic heterocycles. The van der Waals surface area contributed by atoms with Gasteiger partial charge in [-0.25, -0.2) is 0 Å². The van der Waals surface area contributed by atoms with Crippen LogP contribution in [0.4, 0.5) is 0 Å². The van der Waals surface area contributed by atoms with Crippen LogP contribution in [0.3, 0.4) is 0 Å². The van der Waals surface area contributed by atoms with E-state index in [9.17, 15) is 9.90 Å². The van der Waals surface area contributed by atoms with Gasteiger partial charge in [0.2, 0.25) is 0 Å². The Labute approximate surface area is 111 Å². The molecule has 0 saturated heterocycles. The van der Waals surface area contributed by atoms with Crippen molar-refractivity contribution in [2.45, 2.75) is 19.8 Å². The summed E-state index contributed by atoms with van der Waals surface area (Å²) >= 11 is 1.62. The van der Waals surface area contributed by atoms with Crippen LogP contribution in [0.2, 0.25) is 0 Å². The first-order valence-electron chi connectivity index (χ1n) is 5.96. The third-order valence-corrected chi connectivity index (χ3v) is 4.00. The Morgan fingerprint density at radius 2 is 2.00 bits per heavy atom. The van der Waals surface area contributed by atoms with Crippen molar-refractivity contribution in [2.24, 2.45) is 5.92 Å². The molecule has 94 valence electrons. The second kappa shape index (κ2) is 5.83. The van der Waals surface area contributed by atoms with E-state index in [0.29, 0.717) is 12.8 Å². The van der Waals surface area contributed by atoms with Gasteiger partial charge in [-0.05, 0) is 42.3 Å². The van der Waals surface area contributed by atoms with Gasteiger partial charge in [-0.1, -0.05) is 30.3 Å². The minimum absolute atomic E-state index is 0.343. The fourth-order valence-electron chi connectivity index (χ4n) is 2.02. The molecule has 2 aromatic rings. The second-order valence-corrected chi connectivity index (χ2v) is 5.48. The number of thiophene rings is 1. The average molecular weight is 260 g/mol. The van der Waals surface area contributed by atoms with E-state index in [0.717, 1.165) is 16.0 Å². The lowest BCUT2D eigenvalue weighted by Gasteiger charge is -2.13. The molecule has 0 aliphatic carbocycles. The molecule has 0 aliphatic rings. The quantitative estimate of drug-likeness (QED) is 0.892. The van der Waals surface area contributed by atoms with Gasteiger partial charge in [-0.2, -0.15) is 0 Å². The van der Waals surface area contributed by atoms with E-state index in [2.05, 4.69) is 0 Å². The molecular weight excluding hydrogens is 244 g/mol. The average Bonchev–Trinajstić information content (AvgIpc) is 2.83. The third kappa shape index (κ3) is 3.20. The van der Waals surface area contributed by atoms with Crippen molar-refractivity contribution < 1.29 is 9.90 Å². The third-order valence-electron chi connectivity index (χ3n) is 3.10. The first-order chi connectivity index (χ1) is 8.66. The Morgan fingerprint density at radius 1 is 1.22 bits per heavy atom. The van der Waals surface area contributed by atoms with Crippen molar-refractivity contribution in [2.75, 3.05) is 0 Å².